The summed E-state index contributed by atoms with van der Waals surface area (Å²) in [7, 11) is -1.04. The van der Waals surface area contributed by atoms with E-state index >= 15 is 0 Å². The van der Waals surface area contributed by atoms with Crippen molar-refractivity contribution in [2.24, 2.45) is 11.8 Å². The molecule has 0 saturated heterocycles. The minimum Gasteiger partial charge on any atom is -0.479 e. The molecule has 0 bridgehead atoms. The molecule has 4 aromatic heterocycles. The number of methoxy groups -OCH3 is 2. The van der Waals surface area contributed by atoms with Gasteiger partial charge in [0, 0.05) is 64.9 Å². The van der Waals surface area contributed by atoms with E-state index < -0.39 is 13.9 Å². The Labute approximate surface area is 649 Å². The number of imidazole rings is 2. The van der Waals surface area contributed by atoms with Crippen LogP contribution in [-0.4, -0.2) is 141 Å². The first-order chi connectivity index (χ1) is 51.6. The first-order valence-electron chi connectivity index (χ1n) is 41.9. The van der Waals surface area contributed by atoms with Gasteiger partial charge in [-0.15, -0.1) is 0 Å². The molecule has 2 aliphatic rings. The number of anilines is 2. The standard InChI is InChI=1S/C30H54N5O6P.C19H39Cl2O3P.C19H40O2.C11H15N5O2/c1-3-4-5-6-7-8-9-10-11-12-13-14-15-16-18-39-19-17-20-40-42(36,37)41-23-25-21-26(22-25)35-24-32-27-28(35)33-30(31)34-29(27)38-2;1-2-3-4-5-6-7-8-9-10-11-12-13-14-15-17-23-18-16-19-24-25(20,21)22;1-2-3-4-5-6-7-8-9-10-11-12-13-14-15-18-21-19-16-17-20;1-18-10-8-9(14-11(12)15-10)16(5-13-8)7-2-6(3-7)4-17/h24-26H,3-23H2,1-2H3,(H,36,37)(H2,31,33,34);2-19H2,1H3;20H,2-19H2,1H3;5-7,17H,2-4H2,1H3,(H2,12,14,15). The summed E-state index contributed by atoms with van der Waals surface area (Å²) < 4.78 is 69.1. The number of nitrogens with zero attached hydrogens (tertiary/aromatic N) is 8. The summed E-state index contributed by atoms with van der Waals surface area (Å²) in [4.78, 5) is 35.2. The monoisotopic (exact) mass is 1580 g/mol. The van der Waals surface area contributed by atoms with Crippen molar-refractivity contribution >= 4 is 70.6 Å². The first kappa shape index (κ1) is 97.2. The zero-order chi connectivity index (χ0) is 76.8. The molecule has 4 aromatic rings. The number of fused-ring (bicyclic) bond motifs is 2. The minimum atomic E-state index is -4.08. The molecule has 4 heterocycles. The molecule has 0 spiro atoms. The Balaban J connectivity index is 0.000000391. The molecule has 1 unspecified atom stereocenters. The van der Waals surface area contributed by atoms with Crippen LogP contribution >= 0.6 is 36.4 Å². The third-order valence-electron chi connectivity index (χ3n) is 19.9. The number of nitrogens with two attached hydrogens (primary N) is 2. The van der Waals surface area contributed by atoms with E-state index in [1.807, 2.05) is 9.13 Å². The van der Waals surface area contributed by atoms with Gasteiger partial charge >= 0.3 is 13.9 Å². The number of ether oxygens (including phenoxy) is 5. The third-order valence-corrected chi connectivity index (χ3v) is 21.9. The van der Waals surface area contributed by atoms with Crippen LogP contribution in [0.5, 0.6) is 11.8 Å². The molecule has 0 radical (unpaired) electrons. The maximum atomic E-state index is 12.2. The number of phosphoric ester groups is 1. The molecule has 1 atom stereocenters. The molecule has 0 aromatic carbocycles. The van der Waals surface area contributed by atoms with Gasteiger partial charge in [-0.25, -0.2) is 14.5 Å². The molecular formula is C79H148Cl2N10O13P2. The number of halogens is 2. The van der Waals surface area contributed by atoms with Gasteiger partial charge in [-0.05, 0) is 98.5 Å². The molecule has 0 amide bonds. The number of hydrogen-bond donors (Lipinski definition) is 5. The Kier molecular flexibility index (Phi) is 59.1. The van der Waals surface area contributed by atoms with Crippen LogP contribution in [0.25, 0.3) is 22.3 Å². The van der Waals surface area contributed by atoms with Gasteiger partial charge in [0.25, 0.3) is 0 Å². The lowest BCUT2D eigenvalue weighted by molar-refractivity contribution is 0.0757. The smallest absolute Gasteiger partial charge is 0.472 e. The van der Waals surface area contributed by atoms with Crippen molar-refractivity contribution in [3.63, 3.8) is 0 Å². The van der Waals surface area contributed by atoms with E-state index in [9.17, 15) is 14.0 Å². The van der Waals surface area contributed by atoms with Gasteiger partial charge in [-0.1, -0.05) is 271 Å². The Hall–Kier alpha value is -3.02. The van der Waals surface area contributed by atoms with Crippen molar-refractivity contribution in [3.05, 3.63) is 12.7 Å². The van der Waals surface area contributed by atoms with Crippen LogP contribution in [0.2, 0.25) is 0 Å². The van der Waals surface area contributed by atoms with Gasteiger partial charge in [0.1, 0.15) is 0 Å². The highest BCUT2D eigenvalue weighted by Gasteiger charge is 2.35. The number of phosphoric acid groups is 1. The highest BCUT2D eigenvalue weighted by Crippen LogP contribution is 2.57. The van der Waals surface area contributed by atoms with Gasteiger partial charge in [-0.3, -0.25) is 13.6 Å². The molecule has 2 saturated carbocycles. The fourth-order valence-corrected chi connectivity index (χ4v) is 14.9. The quantitative estimate of drug-likeness (QED) is 0.0203. The van der Waals surface area contributed by atoms with E-state index in [-0.39, 0.29) is 56.9 Å². The van der Waals surface area contributed by atoms with E-state index in [1.54, 1.807) is 12.7 Å². The SMILES string of the molecule is CCCCCCCCCCCCCCCCOCCCO.CCCCCCCCCCCCCCCCOCCCOP(=O)(Cl)Cl.CCCCCCCCCCCCCCCCOCCCOP(=O)(O)OCC1CC(n2cnc3c(OC)nc(N)nc32)C1.COc1nc(N)nc2c1ncn2C1CC(CO)C1. The van der Waals surface area contributed by atoms with Gasteiger partial charge in [0.15, 0.2) is 22.3 Å². The first-order valence-corrected chi connectivity index (χ1v) is 46.9. The van der Waals surface area contributed by atoms with Gasteiger partial charge in [0.2, 0.25) is 23.7 Å². The van der Waals surface area contributed by atoms with E-state index in [1.165, 1.54) is 271 Å². The molecule has 6 rings (SSSR count). The lowest BCUT2D eigenvalue weighted by Crippen LogP contribution is -2.29. The fraction of sp³-hybridized carbons (Fsp3) is 0.873. The van der Waals surface area contributed by atoms with Crippen molar-refractivity contribution in [1.29, 1.82) is 0 Å². The van der Waals surface area contributed by atoms with Crippen LogP contribution in [0.1, 0.15) is 347 Å². The topological polar surface area (TPSA) is 308 Å². The molecule has 106 heavy (non-hydrogen) atoms. The van der Waals surface area contributed by atoms with Crippen LogP contribution in [0.15, 0.2) is 12.7 Å². The maximum Gasteiger partial charge on any atom is 0.472 e. The Bertz CT molecular complexity index is 2780. The summed E-state index contributed by atoms with van der Waals surface area (Å²) in [6.45, 7) is 12.1. The second-order valence-corrected chi connectivity index (χ2v) is 35.0. The van der Waals surface area contributed by atoms with Crippen molar-refractivity contribution in [1.82, 2.24) is 39.0 Å². The summed E-state index contributed by atoms with van der Waals surface area (Å²) in [6.07, 6.45) is 62.9. The van der Waals surface area contributed by atoms with Gasteiger partial charge in [-0.2, -0.15) is 19.9 Å². The Morgan fingerprint density at radius 3 is 1.00 bits per heavy atom. The van der Waals surface area contributed by atoms with Crippen molar-refractivity contribution < 1.29 is 61.5 Å². The molecular weight excluding hydrogens is 1430 g/mol. The highest BCUT2D eigenvalue weighted by molar-refractivity contribution is 8.05. The number of nitrogen functional groups attached to an aromatic ring is 2. The fourth-order valence-electron chi connectivity index (χ4n) is 13.4. The molecule has 27 heteroatoms. The minimum absolute atomic E-state index is 0.124. The Morgan fingerprint density at radius 1 is 0.406 bits per heavy atom. The summed E-state index contributed by atoms with van der Waals surface area (Å²) in [5.41, 5.74) is 13.9. The number of aliphatic hydroxyl groups is 2. The third kappa shape index (κ3) is 48.0. The van der Waals surface area contributed by atoms with Crippen LogP contribution in [0, 0.1) is 11.8 Å². The zero-order valence-electron chi connectivity index (χ0n) is 66.7. The van der Waals surface area contributed by atoms with Crippen LogP contribution < -0.4 is 20.9 Å². The maximum absolute atomic E-state index is 12.2. The molecule has 23 nitrogen and oxygen atoms in total. The zero-order valence-corrected chi connectivity index (χ0v) is 70.0. The predicted octanol–water partition coefficient (Wildman–Crippen LogP) is 22.1. The van der Waals surface area contributed by atoms with E-state index in [0.29, 0.717) is 72.1 Å². The van der Waals surface area contributed by atoms with Gasteiger partial charge < -0.3 is 63.9 Å². The summed E-state index contributed by atoms with van der Waals surface area (Å²) in [5.74, 6) is 1.57. The van der Waals surface area contributed by atoms with E-state index in [2.05, 4.69) is 50.7 Å². The molecule has 2 aliphatic carbocycles. The molecule has 616 valence electrons. The number of aromatic nitrogens is 8. The molecule has 0 aliphatic heterocycles. The molecule has 7 N–H and O–H groups in total. The number of unbranched alkanes of at least 4 members (excludes halogenated alkanes) is 39. The van der Waals surface area contributed by atoms with Crippen molar-refractivity contribution in [3.8, 4) is 11.8 Å². The lowest BCUT2D eigenvalue weighted by atomic mass is 9.81. The van der Waals surface area contributed by atoms with Crippen molar-refractivity contribution in [2.75, 3.05) is 98.4 Å². The summed E-state index contributed by atoms with van der Waals surface area (Å²) >= 11 is 10.5. The predicted molar refractivity (Wildman–Crippen MR) is 435 cm³/mol. The number of rotatable bonds is 66. The molecule has 2 fully saturated rings. The van der Waals surface area contributed by atoms with Crippen molar-refractivity contribution in [2.45, 2.75) is 347 Å². The Morgan fingerprint density at radius 2 is 0.698 bits per heavy atom. The van der Waals surface area contributed by atoms with Crippen LogP contribution in [0.4, 0.5) is 11.9 Å². The van der Waals surface area contributed by atoms with Gasteiger partial charge in [0.05, 0.1) is 46.7 Å². The summed E-state index contributed by atoms with van der Waals surface area (Å²) in [5, 5.41) is 17.7. The van der Waals surface area contributed by atoms with E-state index in [4.69, 9.17) is 81.4 Å². The lowest BCUT2D eigenvalue weighted by Gasteiger charge is -2.36. The normalized spacial score (nSPS) is 16.2. The van der Waals surface area contributed by atoms with E-state index in [0.717, 1.165) is 71.4 Å². The second kappa shape index (κ2) is 64.5. The van der Waals surface area contributed by atoms with Crippen LogP contribution in [-0.2, 0) is 36.9 Å². The number of hydrogen-bond acceptors (Lipinski definition) is 20. The highest BCUT2D eigenvalue weighted by atomic mass is 35.9. The second-order valence-electron chi connectivity index (χ2n) is 29.3. The average molecular weight is 1580 g/mol. The number of aliphatic hydroxyl groups excluding tert-OH is 2. The largest absolute Gasteiger partial charge is 0.479 e. The average Bonchev–Trinajstić information content (AvgIpc) is 1.61. The van der Waals surface area contributed by atoms with Crippen LogP contribution in [0.3, 0.4) is 0 Å². The summed E-state index contributed by atoms with van der Waals surface area (Å²) in [6, 6.07) is 0.477.